The Bertz CT molecular complexity index is 494. The van der Waals surface area contributed by atoms with Gasteiger partial charge in [-0.15, -0.1) is 23.5 Å². The molecule has 0 radical (unpaired) electrons. The quantitative estimate of drug-likeness (QED) is 0.832. The van der Waals surface area contributed by atoms with E-state index in [1.165, 1.54) is 49.2 Å². The molecule has 3 nitrogen and oxygen atoms in total. The Kier molecular flexibility index (Phi) is 6.57. The van der Waals surface area contributed by atoms with E-state index in [0.717, 1.165) is 12.3 Å². The van der Waals surface area contributed by atoms with Crippen LogP contribution >= 0.6 is 23.5 Å². The predicted molar refractivity (Wildman–Crippen MR) is 99.2 cm³/mol. The first-order chi connectivity index (χ1) is 11.3. The van der Waals surface area contributed by atoms with Gasteiger partial charge >= 0.3 is 0 Å². The lowest BCUT2D eigenvalue weighted by Crippen LogP contribution is -2.32. The third kappa shape index (κ3) is 5.35. The number of carbonyl (C=O) groups is 1. The Morgan fingerprint density at radius 1 is 1.09 bits per heavy atom. The number of hydrogen-bond donors (Lipinski definition) is 1. The van der Waals surface area contributed by atoms with Crippen molar-refractivity contribution in [1.82, 2.24) is 5.32 Å². The summed E-state index contributed by atoms with van der Waals surface area (Å²) in [5.74, 6) is 3.92. The highest BCUT2D eigenvalue weighted by molar-refractivity contribution is 8.16. The molecule has 1 heterocycles. The number of amides is 1. The predicted octanol–water partition coefficient (Wildman–Crippen LogP) is 4.24. The topological polar surface area (TPSA) is 38.3 Å². The van der Waals surface area contributed by atoms with Crippen molar-refractivity contribution >= 4 is 29.4 Å². The first-order valence-corrected chi connectivity index (χ1v) is 10.6. The van der Waals surface area contributed by atoms with Crippen LogP contribution in [0, 0.1) is 5.92 Å². The van der Waals surface area contributed by atoms with Crippen LogP contribution in [-0.2, 0) is 4.79 Å². The van der Waals surface area contributed by atoms with Crippen LogP contribution in [0.15, 0.2) is 24.3 Å². The van der Waals surface area contributed by atoms with Gasteiger partial charge in [-0.05, 0) is 54.4 Å². The van der Waals surface area contributed by atoms with Gasteiger partial charge in [0.1, 0.15) is 5.75 Å². The lowest BCUT2D eigenvalue weighted by atomic mass is 10.1. The van der Waals surface area contributed by atoms with E-state index in [4.69, 9.17) is 4.74 Å². The summed E-state index contributed by atoms with van der Waals surface area (Å²) in [4.78, 5) is 11.8. The van der Waals surface area contributed by atoms with Gasteiger partial charge < -0.3 is 10.1 Å². The molecule has 0 unspecified atom stereocenters. The molecule has 1 aromatic rings. The number of thioether (sulfide) groups is 2. The summed E-state index contributed by atoms with van der Waals surface area (Å²) in [5.41, 5.74) is 1.35. The van der Waals surface area contributed by atoms with Crippen LogP contribution in [0.3, 0.4) is 0 Å². The summed E-state index contributed by atoms with van der Waals surface area (Å²) in [7, 11) is 0. The fourth-order valence-electron chi connectivity index (χ4n) is 3.07. The van der Waals surface area contributed by atoms with Crippen LogP contribution in [0.25, 0.3) is 0 Å². The molecule has 0 atom stereocenters. The number of benzene rings is 1. The van der Waals surface area contributed by atoms with E-state index in [2.05, 4.69) is 17.4 Å². The molecular weight excluding hydrogens is 326 g/mol. The second-order valence-corrected chi connectivity index (χ2v) is 8.96. The van der Waals surface area contributed by atoms with E-state index in [-0.39, 0.29) is 12.5 Å². The third-order valence-electron chi connectivity index (χ3n) is 4.41. The average molecular weight is 352 g/mol. The van der Waals surface area contributed by atoms with Gasteiger partial charge in [0.15, 0.2) is 6.61 Å². The molecule has 1 N–H and O–H groups in total. The molecule has 23 heavy (non-hydrogen) atoms. The van der Waals surface area contributed by atoms with E-state index in [0.29, 0.717) is 10.5 Å². The Labute approximate surface area is 147 Å². The van der Waals surface area contributed by atoms with Crippen molar-refractivity contribution in [2.24, 2.45) is 5.92 Å². The smallest absolute Gasteiger partial charge is 0.257 e. The minimum Gasteiger partial charge on any atom is -0.484 e. The molecule has 5 heteroatoms. The van der Waals surface area contributed by atoms with Crippen LogP contribution in [0.1, 0.15) is 42.2 Å². The van der Waals surface area contributed by atoms with Gasteiger partial charge in [0, 0.05) is 6.54 Å². The molecule has 1 aliphatic carbocycles. The Hall–Kier alpha value is -0.810. The maximum Gasteiger partial charge on any atom is 0.257 e. The highest BCUT2D eigenvalue weighted by Gasteiger charge is 2.17. The zero-order valence-corrected chi connectivity index (χ0v) is 15.1. The molecular formula is C18H25NO2S2. The zero-order chi connectivity index (χ0) is 15.9. The molecule has 1 aromatic carbocycles. The highest BCUT2D eigenvalue weighted by atomic mass is 32.2. The SMILES string of the molecule is O=C(COc1ccc(C2SCCCS2)cc1)NCC1CCCC1. The maximum absolute atomic E-state index is 11.8. The van der Waals surface area contributed by atoms with Crippen molar-refractivity contribution in [2.45, 2.75) is 36.7 Å². The van der Waals surface area contributed by atoms with E-state index >= 15 is 0 Å². The number of nitrogens with one attached hydrogen (secondary N) is 1. The van der Waals surface area contributed by atoms with Crippen LogP contribution in [-0.4, -0.2) is 30.6 Å². The van der Waals surface area contributed by atoms with Gasteiger partial charge in [0.2, 0.25) is 0 Å². The van der Waals surface area contributed by atoms with Crippen LogP contribution in [0.4, 0.5) is 0 Å². The summed E-state index contributed by atoms with van der Waals surface area (Å²) >= 11 is 4.03. The van der Waals surface area contributed by atoms with Crippen molar-refractivity contribution in [2.75, 3.05) is 24.7 Å². The summed E-state index contributed by atoms with van der Waals surface area (Å²) in [6, 6.07) is 8.22. The third-order valence-corrected chi connectivity index (χ3v) is 7.43. The normalized spacial score (nSPS) is 19.7. The minimum atomic E-state index is -0.0145. The number of ether oxygens (including phenoxy) is 1. The summed E-state index contributed by atoms with van der Waals surface area (Å²) in [6.07, 6.45) is 6.42. The van der Waals surface area contributed by atoms with Crippen molar-refractivity contribution in [3.63, 3.8) is 0 Å². The fraction of sp³-hybridized carbons (Fsp3) is 0.611. The molecule has 1 aliphatic heterocycles. The Balaban J connectivity index is 1.40. The summed E-state index contributed by atoms with van der Waals surface area (Å²) < 4.78 is 6.15. The fourth-order valence-corrected chi connectivity index (χ4v) is 5.97. The highest BCUT2D eigenvalue weighted by Crippen LogP contribution is 2.43. The first kappa shape index (κ1) is 17.0. The maximum atomic E-state index is 11.8. The molecule has 0 aromatic heterocycles. The van der Waals surface area contributed by atoms with E-state index in [9.17, 15) is 4.79 Å². The van der Waals surface area contributed by atoms with Crippen LogP contribution in [0.5, 0.6) is 5.75 Å². The van der Waals surface area contributed by atoms with Crippen molar-refractivity contribution in [1.29, 1.82) is 0 Å². The monoisotopic (exact) mass is 351 g/mol. The standard InChI is InChI=1S/C18H25NO2S2/c20-17(19-12-14-4-1-2-5-14)13-21-16-8-6-15(7-9-16)18-22-10-3-11-23-18/h6-9,14,18H,1-5,10-13H2,(H,19,20). The molecule has 126 valence electrons. The molecule has 1 saturated heterocycles. The second-order valence-electron chi connectivity index (χ2n) is 6.24. The van der Waals surface area contributed by atoms with Crippen molar-refractivity contribution < 1.29 is 9.53 Å². The van der Waals surface area contributed by atoms with E-state index < -0.39 is 0 Å². The molecule has 1 saturated carbocycles. The molecule has 1 amide bonds. The number of rotatable bonds is 6. The van der Waals surface area contributed by atoms with Gasteiger partial charge in [-0.2, -0.15) is 0 Å². The first-order valence-electron chi connectivity index (χ1n) is 8.54. The van der Waals surface area contributed by atoms with E-state index in [1.54, 1.807) is 0 Å². The van der Waals surface area contributed by atoms with Gasteiger partial charge in [-0.25, -0.2) is 0 Å². The van der Waals surface area contributed by atoms with Crippen molar-refractivity contribution in [3.8, 4) is 5.75 Å². The molecule has 2 aliphatic rings. The van der Waals surface area contributed by atoms with Gasteiger partial charge in [-0.1, -0.05) is 25.0 Å². The Morgan fingerprint density at radius 2 is 1.78 bits per heavy atom. The van der Waals surface area contributed by atoms with Gasteiger partial charge in [0.25, 0.3) is 5.91 Å². The van der Waals surface area contributed by atoms with Gasteiger partial charge in [0.05, 0.1) is 4.58 Å². The Morgan fingerprint density at radius 3 is 2.48 bits per heavy atom. The number of hydrogen-bond acceptors (Lipinski definition) is 4. The largest absolute Gasteiger partial charge is 0.484 e. The van der Waals surface area contributed by atoms with Crippen LogP contribution < -0.4 is 10.1 Å². The summed E-state index contributed by atoms with van der Waals surface area (Å²) in [5, 5.41) is 2.99. The van der Waals surface area contributed by atoms with Gasteiger partial charge in [-0.3, -0.25) is 4.79 Å². The molecule has 3 rings (SSSR count). The lowest BCUT2D eigenvalue weighted by Gasteiger charge is -2.21. The number of carbonyl (C=O) groups excluding carboxylic acids is 1. The molecule has 2 fully saturated rings. The molecule has 0 bridgehead atoms. The molecule has 0 spiro atoms. The van der Waals surface area contributed by atoms with E-state index in [1.807, 2.05) is 35.7 Å². The van der Waals surface area contributed by atoms with Crippen LogP contribution in [0.2, 0.25) is 0 Å². The minimum absolute atomic E-state index is 0.0145. The van der Waals surface area contributed by atoms with Crippen molar-refractivity contribution in [3.05, 3.63) is 29.8 Å². The summed E-state index contributed by atoms with van der Waals surface area (Å²) in [6.45, 7) is 0.913. The zero-order valence-electron chi connectivity index (χ0n) is 13.5. The average Bonchev–Trinajstić information content (AvgIpc) is 3.13. The lowest BCUT2D eigenvalue weighted by molar-refractivity contribution is -0.123. The second kappa shape index (κ2) is 8.88.